The van der Waals surface area contributed by atoms with E-state index in [1.54, 1.807) is 27.2 Å². The summed E-state index contributed by atoms with van der Waals surface area (Å²) in [5.74, 6) is -1.69. The number of carbonyl (C=O) groups excluding carboxylic acids is 2. The fraction of sp³-hybridized carbons (Fsp3) is 0.905. The molecule has 3 unspecified atom stereocenters. The molecule has 0 aliphatic heterocycles. The number of hydrogen-bond donors (Lipinski definition) is 0. The Morgan fingerprint density at radius 3 is 1.09 bits per heavy atom. The number of carbonyl (C=O) groups is 2. The third kappa shape index (κ3) is 75.8. The van der Waals surface area contributed by atoms with Crippen molar-refractivity contribution in [2.45, 2.75) is 319 Å². The second-order valence-corrected chi connectivity index (χ2v) is 24.0. The Balaban J connectivity index is -0.000000466. The Labute approximate surface area is 465 Å². The molecule has 0 saturated heterocycles. The number of methoxy groups -OCH3 is 2. The van der Waals surface area contributed by atoms with Gasteiger partial charge in [0.25, 0.3) is 0 Å². The summed E-state index contributed by atoms with van der Waals surface area (Å²) in [7, 11) is 3.07. The van der Waals surface area contributed by atoms with E-state index < -0.39 is 30.3 Å². The van der Waals surface area contributed by atoms with Gasteiger partial charge in [0.1, 0.15) is 0 Å². The lowest BCUT2D eigenvalue weighted by atomic mass is 10.0. The monoisotopic (exact) mass is 1070 g/mol. The lowest BCUT2D eigenvalue weighted by Gasteiger charge is -2.17. The standard InChI is InChI=1S/C26H53N.C14H25NO5.C12H25N.C11H23NO3/c1-5-6-7-8-9-10-11-12-13-14-15-16-17-18-19-20-21-22-23-24-25-27-26(2,3)4;1-9(8-15-14(4,5)6)12(16)19-10(2)13(17)20-11(3)18-7;1-5-6-7-8-9-10-11-13-12(2,3)4;1-11(2,3)12-5-6-14-9-10-15-8-7-13-4/h25H,5-24H2,1-4H3;8-11H,1-7H3;11H,5-10H2,1-4H3;5H,6-10H2,1-4H3. The molecule has 0 spiro atoms. The molecule has 0 aromatic rings. The zero-order valence-electron chi connectivity index (χ0n) is 53.0. The minimum atomic E-state index is -0.981. The Morgan fingerprint density at radius 2 is 0.747 bits per heavy atom. The van der Waals surface area contributed by atoms with E-state index in [0.29, 0.717) is 33.0 Å². The van der Waals surface area contributed by atoms with Gasteiger partial charge in [0.2, 0.25) is 0 Å². The van der Waals surface area contributed by atoms with Gasteiger partial charge >= 0.3 is 11.9 Å². The summed E-state index contributed by atoms with van der Waals surface area (Å²) < 4.78 is 30.1. The zero-order chi connectivity index (χ0) is 57.7. The summed E-state index contributed by atoms with van der Waals surface area (Å²) in [5.41, 5.74) is -0.0530. The molecule has 0 rings (SSSR count). The van der Waals surface area contributed by atoms with Crippen LogP contribution in [0.4, 0.5) is 0 Å². The summed E-state index contributed by atoms with van der Waals surface area (Å²) in [6.07, 6.45) is 42.5. The SMILES string of the molecule is CCCCCCCC=NC(C)(C)C.CCCCCCCCCCCCCCCCCCCCCC=NC(C)(C)C.COC(C)OC(=O)C(C)OC(=O)C(C)C=NC(C)(C)C.COCCOCCOCC=NC(C)(C)C. The molecule has 75 heavy (non-hydrogen) atoms. The number of hydrogen-bond acceptors (Lipinski definition) is 12. The maximum absolute atomic E-state index is 11.8. The maximum atomic E-state index is 11.8. The Morgan fingerprint density at radius 1 is 0.413 bits per heavy atom. The third-order valence-corrected chi connectivity index (χ3v) is 11.1. The maximum Gasteiger partial charge on any atom is 0.349 e. The predicted octanol–water partition coefficient (Wildman–Crippen LogP) is 17.4. The quantitative estimate of drug-likeness (QED) is 0.0256. The van der Waals surface area contributed by atoms with Crippen molar-refractivity contribution in [3.63, 3.8) is 0 Å². The van der Waals surface area contributed by atoms with Crippen LogP contribution in [0.15, 0.2) is 20.0 Å². The first kappa shape index (κ1) is 78.9. The van der Waals surface area contributed by atoms with Gasteiger partial charge in [0, 0.05) is 26.6 Å². The molecule has 12 heteroatoms. The Kier molecular flexibility index (Phi) is 56.3. The first-order valence-corrected chi connectivity index (χ1v) is 30.0. The highest BCUT2D eigenvalue weighted by Gasteiger charge is 2.24. The van der Waals surface area contributed by atoms with Crippen LogP contribution >= 0.6 is 0 Å². The highest BCUT2D eigenvalue weighted by molar-refractivity contribution is 5.91. The Hall–Kier alpha value is -2.54. The fourth-order valence-electron chi connectivity index (χ4n) is 6.67. The van der Waals surface area contributed by atoms with Crippen molar-refractivity contribution in [1.82, 2.24) is 0 Å². The van der Waals surface area contributed by atoms with E-state index in [0.717, 1.165) is 12.8 Å². The molecular formula is C63H126N4O8. The first-order valence-electron chi connectivity index (χ1n) is 30.0. The van der Waals surface area contributed by atoms with Crippen LogP contribution < -0.4 is 0 Å². The van der Waals surface area contributed by atoms with Crippen molar-refractivity contribution in [1.29, 1.82) is 0 Å². The number of nitrogens with zero attached hydrogens (tertiary/aromatic N) is 4. The lowest BCUT2D eigenvalue weighted by Crippen LogP contribution is -2.31. The largest absolute Gasteiger partial charge is 0.450 e. The number of unbranched alkanes of at least 4 members (excludes halogenated alkanes) is 24. The fourth-order valence-corrected chi connectivity index (χ4v) is 6.67. The normalized spacial score (nSPS) is 13.5. The highest BCUT2D eigenvalue weighted by atomic mass is 16.7. The minimum absolute atomic E-state index is 0.0156. The van der Waals surface area contributed by atoms with Gasteiger partial charge in [0.15, 0.2) is 12.4 Å². The molecular weight excluding hydrogens is 941 g/mol. The topological polar surface area (TPSA) is 139 Å². The van der Waals surface area contributed by atoms with Crippen molar-refractivity contribution >= 4 is 36.8 Å². The van der Waals surface area contributed by atoms with E-state index in [-0.39, 0.29) is 22.2 Å². The zero-order valence-corrected chi connectivity index (χ0v) is 53.0. The molecule has 0 fully saturated rings. The van der Waals surface area contributed by atoms with Crippen LogP contribution in [-0.4, -0.2) is 119 Å². The van der Waals surface area contributed by atoms with Crippen LogP contribution in [0.2, 0.25) is 0 Å². The van der Waals surface area contributed by atoms with E-state index in [2.05, 4.69) is 109 Å². The van der Waals surface area contributed by atoms with Gasteiger partial charge in [-0.25, -0.2) is 4.79 Å². The van der Waals surface area contributed by atoms with Crippen LogP contribution in [0, 0.1) is 5.92 Å². The molecule has 0 aliphatic rings. The molecule has 0 heterocycles. The number of rotatable bonds is 40. The smallest absolute Gasteiger partial charge is 0.349 e. The van der Waals surface area contributed by atoms with Crippen LogP contribution in [0.5, 0.6) is 0 Å². The molecule has 0 N–H and O–H groups in total. The van der Waals surface area contributed by atoms with E-state index in [1.165, 1.54) is 174 Å². The molecule has 12 nitrogen and oxygen atoms in total. The van der Waals surface area contributed by atoms with Gasteiger partial charge < -0.3 is 28.4 Å². The second-order valence-electron chi connectivity index (χ2n) is 24.0. The Bertz CT molecular complexity index is 1360. The highest BCUT2D eigenvalue weighted by Crippen LogP contribution is 2.16. The second kappa shape index (κ2) is 53.5. The van der Waals surface area contributed by atoms with E-state index in [1.807, 2.05) is 20.8 Å². The molecule has 0 aromatic heterocycles. The van der Waals surface area contributed by atoms with E-state index in [9.17, 15) is 9.59 Å². The lowest BCUT2D eigenvalue weighted by molar-refractivity contribution is -0.185. The van der Waals surface area contributed by atoms with Crippen molar-refractivity contribution < 1.29 is 38.0 Å². The molecule has 3 atom stereocenters. The van der Waals surface area contributed by atoms with E-state index >= 15 is 0 Å². The van der Waals surface area contributed by atoms with Gasteiger partial charge in [-0.2, -0.15) is 0 Å². The average Bonchev–Trinajstić information content (AvgIpc) is 3.32. The van der Waals surface area contributed by atoms with Gasteiger partial charge in [-0.3, -0.25) is 24.8 Å². The number of esters is 2. The van der Waals surface area contributed by atoms with Gasteiger partial charge in [-0.15, -0.1) is 0 Å². The molecule has 0 aliphatic carbocycles. The summed E-state index contributed by atoms with van der Waals surface area (Å²) in [4.78, 5) is 40.9. The summed E-state index contributed by atoms with van der Waals surface area (Å²) >= 11 is 0. The molecule has 0 amide bonds. The molecule has 0 bridgehead atoms. The van der Waals surface area contributed by atoms with Crippen LogP contribution in [-0.2, 0) is 38.0 Å². The average molecular weight is 1070 g/mol. The first-order chi connectivity index (χ1) is 35.2. The van der Waals surface area contributed by atoms with Crippen molar-refractivity contribution in [3.8, 4) is 0 Å². The summed E-state index contributed by atoms with van der Waals surface area (Å²) in [6, 6.07) is 0. The summed E-state index contributed by atoms with van der Waals surface area (Å²) in [6.45, 7) is 37.1. The van der Waals surface area contributed by atoms with Gasteiger partial charge in [0.05, 0.1) is 61.1 Å². The van der Waals surface area contributed by atoms with Crippen molar-refractivity contribution in [2.24, 2.45) is 25.9 Å². The predicted molar refractivity (Wildman–Crippen MR) is 325 cm³/mol. The van der Waals surface area contributed by atoms with Crippen LogP contribution in [0.1, 0.15) is 285 Å². The summed E-state index contributed by atoms with van der Waals surface area (Å²) in [5, 5.41) is 0. The molecule has 0 aromatic carbocycles. The molecule has 0 radical (unpaired) electrons. The number of aliphatic imine (C=N–C) groups is 4. The number of ether oxygens (including phenoxy) is 6. The third-order valence-electron chi connectivity index (χ3n) is 11.1. The van der Waals surface area contributed by atoms with E-state index in [4.69, 9.17) is 28.4 Å². The van der Waals surface area contributed by atoms with Gasteiger partial charge in [-0.1, -0.05) is 155 Å². The molecule has 0 saturated carbocycles. The van der Waals surface area contributed by atoms with Gasteiger partial charge in [-0.05, 0) is 142 Å². The molecule has 446 valence electrons. The van der Waals surface area contributed by atoms with Crippen molar-refractivity contribution in [3.05, 3.63) is 0 Å². The minimum Gasteiger partial charge on any atom is -0.450 e. The van der Waals surface area contributed by atoms with Crippen molar-refractivity contribution in [2.75, 3.05) is 47.3 Å². The van der Waals surface area contributed by atoms with Crippen LogP contribution in [0.25, 0.3) is 0 Å². The van der Waals surface area contributed by atoms with Crippen LogP contribution in [0.3, 0.4) is 0 Å².